The van der Waals surface area contributed by atoms with Crippen LogP contribution < -0.4 is 5.32 Å². The Kier molecular flexibility index (Phi) is 1.92. The summed E-state index contributed by atoms with van der Waals surface area (Å²) in [6.45, 7) is 0. The third-order valence-electron chi connectivity index (χ3n) is 1.85. The third kappa shape index (κ3) is 1.36. The molecule has 0 spiro atoms. The van der Waals surface area contributed by atoms with Gasteiger partial charge in [-0.05, 0) is 12.1 Å². The summed E-state index contributed by atoms with van der Waals surface area (Å²) in [5, 5.41) is 3.63. The van der Waals surface area contributed by atoms with Crippen LogP contribution in [-0.4, -0.2) is 11.4 Å². The molecule has 0 aliphatic carbocycles. The molecule has 0 aliphatic rings. The minimum Gasteiger partial charge on any atom is -0.327 e. The van der Waals surface area contributed by atoms with Crippen molar-refractivity contribution in [1.82, 2.24) is 4.98 Å². The number of amides is 1. The molecule has 2 aromatic rings. The van der Waals surface area contributed by atoms with Gasteiger partial charge in [-0.2, -0.15) is 0 Å². The van der Waals surface area contributed by atoms with E-state index in [1.54, 1.807) is 6.20 Å². The second kappa shape index (κ2) is 3.23. The molecule has 0 saturated carbocycles. The number of carbonyl (C=O) groups excluding carboxylic acids is 1. The van der Waals surface area contributed by atoms with Crippen molar-refractivity contribution in [2.45, 2.75) is 0 Å². The predicted octanol–water partition coefficient (Wildman–Crippen LogP) is 1.80. The number of hydrogen-bond acceptors (Lipinski definition) is 2. The fourth-order valence-electron chi connectivity index (χ4n) is 1.28. The van der Waals surface area contributed by atoms with E-state index in [0.717, 1.165) is 16.6 Å². The lowest BCUT2D eigenvalue weighted by atomic mass is 10.2. The summed E-state index contributed by atoms with van der Waals surface area (Å²) in [6.07, 6.45) is 2.36. The first-order chi connectivity index (χ1) is 6.42. The molecule has 1 aromatic heterocycles. The fourth-order valence-corrected chi connectivity index (χ4v) is 1.28. The van der Waals surface area contributed by atoms with Gasteiger partial charge in [0.15, 0.2) is 0 Å². The summed E-state index contributed by atoms with van der Waals surface area (Å²) in [4.78, 5) is 14.5. The molecule has 0 atom stereocenters. The number of nitrogens with one attached hydrogen (secondary N) is 1. The van der Waals surface area contributed by atoms with Crippen molar-refractivity contribution in [1.29, 1.82) is 0 Å². The summed E-state index contributed by atoms with van der Waals surface area (Å²) in [5.41, 5.74) is 1.56. The number of hydrogen-bond donors (Lipinski definition) is 1. The first-order valence-corrected chi connectivity index (χ1v) is 3.96. The van der Waals surface area contributed by atoms with Crippen LogP contribution in [0.4, 0.5) is 5.69 Å². The lowest BCUT2D eigenvalue weighted by Crippen LogP contribution is -1.95. The molecule has 1 aromatic carbocycles. The zero-order valence-electron chi connectivity index (χ0n) is 6.90. The van der Waals surface area contributed by atoms with Crippen LogP contribution in [-0.2, 0) is 4.79 Å². The van der Waals surface area contributed by atoms with E-state index in [1.807, 2.05) is 30.3 Å². The summed E-state index contributed by atoms with van der Waals surface area (Å²) >= 11 is 0. The second-order valence-corrected chi connectivity index (χ2v) is 2.64. The molecule has 3 heteroatoms. The molecule has 0 radical (unpaired) electrons. The quantitative estimate of drug-likeness (QED) is 0.702. The van der Waals surface area contributed by atoms with Crippen molar-refractivity contribution in [2.24, 2.45) is 0 Å². The lowest BCUT2D eigenvalue weighted by Gasteiger charge is -2.02. The van der Waals surface area contributed by atoms with Crippen molar-refractivity contribution in [3.8, 4) is 0 Å². The van der Waals surface area contributed by atoms with Crippen molar-refractivity contribution in [2.75, 3.05) is 5.32 Å². The molecule has 3 nitrogen and oxygen atoms in total. The fraction of sp³-hybridized carbons (Fsp3) is 0. The number of carbonyl (C=O) groups is 1. The van der Waals surface area contributed by atoms with Crippen LogP contribution in [0.3, 0.4) is 0 Å². The number of pyridine rings is 1. The molecule has 2 rings (SSSR count). The van der Waals surface area contributed by atoms with Gasteiger partial charge in [0.05, 0.1) is 11.2 Å². The molecule has 0 fully saturated rings. The maximum atomic E-state index is 10.3. The van der Waals surface area contributed by atoms with Crippen LogP contribution in [0, 0.1) is 0 Å². The Bertz CT molecular complexity index is 434. The summed E-state index contributed by atoms with van der Waals surface area (Å²) < 4.78 is 0. The monoisotopic (exact) mass is 172 g/mol. The number of benzene rings is 1. The van der Waals surface area contributed by atoms with Gasteiger partial charge in [0.1, 0.15) is 0 Å². The number of rotatable bonds is 2. The predicted molar refractivity (Wildman–Crippen MR) is 51.4 cm³/mol. The minimum atomic E-state index is 0.656. The maximum Gasteiger partial charge on any atom is 0.211 e. The van der Waals surface area contributed by atoms with E-state index >= 15 is 0 Å². The molecule has 0 saturated heterocycles. The van der Waals surface area contributed by atoms with Crippen molar-refractivity contribution in [3.63, 3.8) is 0 Å². The van der Waals surface area contributed by atoms with E-state index in [2.05, 4.69) is 10.3 Å². The van der Waals surface area contributed by atoms with Gasteiger partial charge in [-0.1, -0.05) is 18.2 Å². The molecule has 64 valence electrons. The largest absolute Gasteiger partial charge is 0.327 e. The average molecular weight is 172 g/mol. The SMILES string of the molecule is O=CNc1cccc2cccnc12. The Labute approximate surface area is 75.4 Å². The minimum absolute atomic E-state index is 0.656. The Morgan fingerprint density at radius 3 is 2.92 bits per heavy atom. The number of nitrogens with zero attached hydrogens (tertiary/aromatic N) is 1. The van der Waals surface area contributed by atoms with Crippen LogP contribution in [0.15, 0.2) is 36.5 Å². The molecule has 1 amide bonds. The van der Waals surface area contributed by atoms with E-state index in [0.29, 0.717) is 6.41 Å². The highest BCUT2D eigenvalue weighted by atomic mass is 16.1. The van der Waals surface area contributed by atoms with Crippen LogP contribution in [0.2, 0.25) is 0 Å². The number of aromatic nitrogens is 1. The van der Waals surface area contributed by atoms with Gasteiger partial charge in [0.2, 0.25) is 6.41 Å². The normalized spacial score (nSPS) is 9.85. The number of para-hydroxylation sites is 1. The molecule has 1 N–H and O–H groups in total. The Hall–Kier alpha value is -1.90. The van der Waals surface area contributed by atoms with Gasteiger partial charge >= 0.3 is 0 Å². The number of fused-ring (bicyclic) bond motifs is 1. The van der Waals surface area contributed by atoms with E-state index in [4.69, 9.17) is 0 Å². The van der Waals surface area contributed by atoms with Gasteiger partial charge in [-0.15, -0.1) is 0 Å². The second-order valence-electron chi connectivity index (χ2n) is 2.64. The van der Waals surface area contributed by atoms with Crippen LogP contribution in [0.25, 0.3) is 10.9 Å². The Morgan fingerprint density at radius 1 is 1.23 bits per heavy atom. The van der Waals surface area contributed by atoms with Gasteiger partial charge in [-0.3, -0.25) is 9.78 Å². The standard InChI is InChI=1S/C10H8N2O/c13-7-12-9-5-1-3-8-4-2-6-11-10(8)9/h1-7H,(H,12,13). The smallest absolute Gasteiger partial charge is 0.211 e. The van der Waals surface area contributed by atoms with Crippen molar-refractivity contribution < 1.29 is 4.79 Å². The molecule has 1 heterocycles. The summed E-state index contributed by atoms with van der Waals surface area (Å²) in [6, 6.07) is 9.49. The summed E-state index contributed by atoms with van der Waals surface area (Å²) in [5.74, 6) is 0. The van der Waals surface area contributed by atoms with Crippen LogP contribution >= 0.6 is 0 Å². The molecule has 0 unspecified atom stereocenters. The number of anilines is 1. The van der Waals surface area contributed by atoms with Gasteiger partial charge in [0, 0.05) is 11.6 Å². The van der Waals surface area contributed by atoms with Crippen molar-refractivity contribution >= 4 is 23.0 Å². The third-order valence-corrected chi connectivity index (χ3v) is 1.85. The molecular formula is C10H8N2O. The molecular weight excluding hydrogens is 164 g/mol. The van der Waals surface area contributed by atoms with E-state index in [9.17, 15) is 4.79 Å². The zero-order valence-corrected chi connectivity index (χ0v) is 6.90. The highest BCUT2D eigenvalue weighted by Gasteiger charge is 1.98. The Balaban J connectivity index is 2.68. The average Bonchev–Trinajstić information content (AvgIpc) is 2.19. The first kappa shape index (κ1) is 7.73. The lowest BCUT2D eigenvalue weighted by molar-refractivity contribution is -0.105. The van der Waals surface area contributed by atoms with Crippen LogP contribution in [0.1, 0.15) is 0 Å². The molecule has 0 bridgehead atoms. The maximum absolute atomic E-state index is 10.3. The molecule has 0 aliphatic heterocycles. The first-order valence-electron chi connectivity index (χ1n) is 3.96. The van der Waals surface area contributed by atoms with E-state index in [-0.39, 0.29) is 0 Å². The topological polar surface area (TPSA) is 42.0 Å². The van der Waals surface area contributed by atoms with Crippen LogP contribution in [0.5, 0.6) is 0 Å². The van der Waals surface area contributed by atoms with Gasteiger partial charge < -0.3 is 5.32 Å². The van der Waals surface area contributed by atoms with E-state index < -0.39 is 0 Å². The zero-order chi connectivity index (χ0) is 9.10. The van der Waals surface area contributed by atoms with Gasteiger partial charge in [-0.25, -0.2) is 0 Å². The Morgan fingerprint density at radius 2 is 2.08 bits per heavy atom. The molecule has 13 heavy (non-hydrogen) atoms. The van der Waals surface area contributed by atoms with Gasteiger partial charge in [0.25, 0.3) is 0 Å². The van der Waals surface area contributed by atoms with Crippen molar-refractivity contribution in [3.05, 3.63) is 36.5 Å². The van der Waals surface area contributed by atoms with E-state index in [1.165, 1.54) is 0 Å². The highest BCUT2D eigenvalue weighted by Crippen LogP contribution is 2.19. The highest BCUT2D eigenvalue weighted by molar-refractivity contribution is 5.94. The summed E-state index contributed by atoms with van der Waals surface area (Å²) in [7, 11) is 0.